The summed E-state index contributed by atoms with van der Waals surface area (Å²) >= 11 is 0. The Morgan fingerprint density at radius 3 is 3.11 bits per heavy atom. The van der Waals surface area contributed by atoms with Gasteiger partial charge in [-0.3, -0.25) is 4.79 Å². The minimum Gasteiger partial charge on any atom is -0.481 e. The molecule has 1 aromatic rings. The zero-order valence-electron chi connectivity index (χ0n) is 10.6. The summed E-state index contributed by atoms with van der Waals surface area (Å²) in [5.74, 6) is 2.78. The Labute approximate surface area is 107 Å². The van der Waals surface area contributed by atoms with Gasteiger partial charge in [0, 0.05) is 18.3 Å². The van der Waals surface area contributed by atoms with Crippen molar-refractivity contribution in [3.8, 4) is 18.2 Å². The number of rotatable bonds is 6. The number of hydrogen-bond acceptors (Lipinski definition) is 4. The van der Waals surface area contributed by atoms with Crippen molar-refractivity contribution >= 4 is 5.91 Å². The first-order valence-electron chi connectivity index (χ1n) is 5.61. The maximum atomic E-state index is 11.6. The van der Waals surface area contributed by atoms with Gasteiger partial charge in [-0.05, 0) is 13.0 Å². The van der Waals surface area contributed by atoms with Crippen LogP contribution in [0.1, 0.15) is 12.5 Å². The number of pyridine rings is 1. The molecule has 1 aromatic heterocycles. The standard InChI is InChI=1S/C13H17N3O2/c1-4-7-14-12(17)10(2)16-9-11-6-5-8-15-13(11)18-3/h1,5-6,8,10,16H,7,9H2,2-3H3,(H,14,17). The lowest BCUT2D eigenvalue weighted by Gasteiger charge is -2.14. The van der Waals surface area contributed by atoms with Crippen LogP contribution in [0.3, 0.4) is 0 Å². The highest BCUT2D eigenvalue weighted by molar-refractivity contribution is 5.81. The van der Waals surface area contributed by atoms with Crippen molar-refractivity contribution in [3.05, 3.63) is 23.9 Å². The summed E-state index contributed by atoms with van der Waals surface area (Å²) in [6.07, 6.45) is 6.73. The number of methoxy groups -OCH3 is 1. The molecule has 0 aliphatic rings. The Kier molecular flexibility index (Phi) is 5.68. The molecule has 0 spiro atoms. The molecule has 18 heavy (non-hydrogen) atoms. The lowest BCUT2D eigenvalue weighted by atomic mass is 10.2. The minimum atomic E-state index is -0.330. The van der Waals surface area contributed by atoms with Crippen molar-refractivity contribution in [2.24, 2.45) is 0 Å². The number of carbonyl (C=O) groups excluding carboxylic acids is 1. The van der Waals surface area contributed by atoms with E-state index in [1.54, 1.807) is 20.2 Å². The van der Waals surface area contributed by atoms with E-state index >= 15 is 0 Å². The SMILES string of the molecule is C#CCNC(=O)C(C)NCc1cccnc1OC. The molecule has 0 aliphatic carbocycles. The molecule has 1 atom stereocenters. The van der Waals surface area contributed by atoms with Crippen molar-refractivity contribution in [2.75, 3.05) is 13.7 Å². The molecule has 1 amide bonds. The average molecular weight is 247 g/mol. The van der Waals surface area contributed by atoms with Gasteiger partial charge in [0.2, 0.25) is 11.8 Å². The van der Waals surface area contributed by atoms with E-state index in [9.17, 15) is 4.79 Å². The summed E-state index contributed by atoms with van der Waals surface area (Å²) in [5, 5.41) is 5.69. The van der Waals surface area contributed by atoms with Gasteiger partial charge < -0.3 is 15.4 Å². The van der Waals surface area contributed by atoms with Crippen molar-refractivity contribution in [1.29, 1.82) is 0 Å². The largest absolute Gasteiger partial charge is 0.481 e. The van der Waals surface area contributed by atoms with Crippen LogP contribution in [0, 0.1) is 12.3 Å². The first-order chi connectivity index (χ1) is 8.69. The highest BCUT2D eigenvalue weighted by atomic mass is 16.5. The van der Waals surface area contributed by atoms with E-state index in [0.29, 0.717) is 12.4 Å². The van der Waals surface area contributed by atoms with E-state index in [0.717, 1.165) is 5.56 Å². The summed E-state index contributed by atoms with van der Waals surface area (Å²) in [6.45, 7) is 2.51. The molecule has 0 saturated heterocycles. The van der Waals surface area contributed by atoms with E-state index in [1.165, 1.54) is 0 Å². The molecule has 96 valence electrons. The third kappa shape index (κ3) is 4.07. The molecular weight excluding hydrogens is 230 g/mol. The van der Waals surface area contributed by atoms with Crippen LogP contribution in [0.5, 0.6) is 5.88 Å². The molecule has 2 N–H and O–H groups in total. The minimum absolute atomic E-state index is 0.129. The predicted molar refractivity (Wildman–Crippen MR) is 68.9 cm³/mol. The summed E-state index contributed by atoms with van der Waals surface area (Å²) < 4.78 is 5.12. The zero-order chi connectivity index (χ0) is 13.4. The van der Waals surface area contributed by atoms with Gasteiger partial charge in [0.1, 0.15) is 0 Å². The molecule has 1 unspecified atom stereocenters. The second kappa shape index (κ2) is 7.30. The molecule has 0 aromatic carbocycles. The molecule has 5 heteroatoms. The lowest BCUT2D eigenvalue weighted by molar-refractivity contribution is -0.122. The molecule has 0 radical (unpaired) electrons. The van der Waals surface area contributed by atoms with Gasteiger partial charge in [0.25, 0.3) is 0 Å². The molecule has 1 rings (SSSR count). The van der Waals surface area contributed by atoms with E-state index in [2.05, 4.69) is 21.5 Å². The van der Waals surface area contributed by atoms with Crippen LogP contribution in [0.25, 0.3) is 0 Å². The number of hydrogen-bond donors (Lipinski definition) is 2. The Morgan fingerprint density at radius 1 is 1.67 bits per heavy atom. The van der Waals surface area contributed by atoms with Gasteiger partial charge in [0.15, 0.2) is 0 Å². The fourth-order valence-electron chi connectivity index (χ4n) is 1.39. The third-order valence-corrected chi connectivity index (χ3v) is 2.40. The Hall–Kier alpha value is -2.06. The molecule has 0 bridgehead atoms. The van der Waals surface area contributed by atoms with Crippen LogP contribution in [-0.4, -0.2) is 30.6 Å². The highest BCUT2D eigenvalue weighted by Crippen LogP contribution is 2.12. The monoisotopic (exact) mass is 247 g/mol. The first kappa shape index (κ1) is 14.0. The number of terminal acetylenes is 1. The van der Waals surface area contributed by atoms with Gasteiger partial charge in [-0.2, -0.15) is 0 Å². The second-order valence-electron chi connectivity index (χ2n) is 3.70. The first-order valence-corrected chi connectivity index (χ1v) is 5.61. The maximum Gasteiger partial charge on any atom is 0.237 e. The van der Waals surface area contributed by atoms with Crippen molar-refractivity contribution < 1.29 is 9.53 Å². The summed E-state index contributed by atoms with van der Waals surface area (Å²) in [6, 6.07) is 3.39. The Bertz CT molecular complexity index is 440. The van der Waals surface area contributed by atoms with E-state index in [1.807, 2.05) is 12.1 Å². The normalized spacial score (nSPS) is 11.4. The highest BCUT2D eigenvalue weighted by Gasteiger charge is 2.12. The Morgan fingerprint density at radius 2 is 2.44 bits per heavy atom. The van der Waals surface area contributed by atoms with Crippen molar-refractivity contribution in [3.63, 3.8) is 0 Å². The van der Waals surface area contributed by atoms with Crippen LogP contribution in [0.2, 0.25) is 0 Å². The molecule has 0 fully saturated rings. The van der Waals surface area contributed by atoms with Crippen LogP contribution < -0.4 is 15.4 Å². The van der Waals surface area contributed by atoms with Crippen LogP contribution in [0.4, 0.5) is 0 Å². The van der Waals surface area contributed by atoms with Gasteiger partial charge in [-0.1, -0.05) is 12.0 Å². The topological polar surface area (TPSA) is 63.2 Å². The average Bonchev–Trinajstić information content (AvgIpc) is 2.42. The number of nitrogens with zero attached hydrogens (tertiary/aromatic N) is 1. The second-order valence-corrected chi connectivity index (χ2v) is 3.70. The van der Waals surface area contributed by atoms with Gasteiger partial charge in [0.05, 0.1) is 19.7 Å². The molecule has 0 aliphatic heterocycles. The Balaban J connectivity index is 2.49. The van der Waals surface area contributed by atoms with Crippen molar-refractivity contribution in [2.45, 2.75) is 19.5 Å². The van der Waals surface area contributed by atoms with Crippen LogP contribution in [-0.2, 0) is 11.3 Å². The fourth-order valence-corrected chi connectivity index (χ4v) is 1.39. The summed E-state index contributed by atoms with van der Waals surface area (Å²) in [5.41, 5.74) is 0.900. The third-order valence-electron chi connectivity index (χ3n) is 2.40. The number of nitrogens with one attached hydrogen (secondary N) is 2. The number of aromatic nitrogens is 1. The number of carbonyl (C=O) groups is 1. The van der Waals surface area contributed by atoms with Crippen LogP contribution in [0.15, 0.2) is 18.3 Å². The van der Waals surface area contributed by atoms with E-state index in [4.69, 9.17) is 11.2 Å². The smallest absolute Gasteiger partial charge is 0.237 e. The zero-order valence-corrected chi connectivity index (χ0v) is 10.6. The fraction of sp³-hybridized carbons (Fsp3) is 0.385. The summed E-state index contributed by atoms with van der Waals surface area (Å²) in [7, 11) is 1.56. The van der Waals surface area contributed by atoms with Crippen LogP contribution >= 0.6 is 0 Å². The van der Waals surface area contributed by atoms with Crippen molar-refractivity contribution in [1.82, 2.24) is 15.6 Å². The number of amides is 1. The van der Waals surface area contributed by atoms with Gasteiger partial charge in [-0.25, -0.2) is 4.98 Å². The molecule has 5 nitrogen and oxygen atoms in total. The van der Waals surface area contributed by atoms with Gasteiger partial charge >= 0.3 is 0 Å². The number of ether oxygens (including phenoxy) is 1. The molecular formula is C13H17N3O2. The predicted octanol–water partition coefficient (Wildman–Crippen LogP) is 0.318. The molecule has 1 heterocycles. The van der Waals surface area contributed by atoms with Gasteiger partial charge in [-0.15, -0.1) is 6.42 Å². The maximum absolute atomic E-state index is 11.6. The quantitative estimate of drug-likeness (QED) is 0.711. The lowest BCUT2D eigenvalue weighted by Crippen LogP contribution is -2.41. The van der Waals surface area contributed by atoms with E-state index < -0.39 is 0 Å². The molecule has 0 saturated carbocycles. The van der Waals surface area contributed by atoms with E-state index in [-0.39, 0.29) is 18.5 Å². The summed E-state index contributed by atoms with van der Waals surface area (Å²) in [4.78, 5) is 15.6.